The lowest BCUT2D eigenvalue weighted by Gasteiger charge is -2.46. The minimum atomic E-state index is -1.06. The highest BCUT2D eigenvalue weighted by molar-refractivity contribution is 8.03. The van der Waals surface area contributed by atoms with Gasteiger partial charge in [-0.1, -0.05) is 6.92 Å². The lowest BCUT2D eigenvalue weighted by Crippen LogP contribution is -2.63. The monoisotopic (exact) mass is 350 g/mol. The van der Waals surface area contributed by atoms with Crippen molar-refractivity contribution in [2.45, 2.75) is 44.3 Å². The molecular weight excluding hydrogens is 330 g/mol. The summed E-state index contributed by atoms with van der Waals surface area (Å²) >= 11 is 1.57. The molecule has 0 aromatic carbocycles. The fourth-order valence-corrected chi connectivity index (χ4v) is 5.61. The molecule has 1 saturated heterocycles. The Kier molecular flexibility index (Phi) is 3.50. The smallest absolute Gasteiger partial charge is 0.353 e. The van der Waals surface area contributed by atoms with Gasteiger partial charge in [0.05, 0.1) is 36.1 Å². The number of carbonyl (C=O) groups excluding carboxylic acids is 1. The predicted molar refractivity (Wildman–Crippen MR) is 85.6 cm³/mol. The Morgan fingerprint density at radius 3 is 2.88 bits per heavy atom. The van der Waals surface area contributed by atoms with Crippen LogP contribution >= 0.6 is 11.8 Å². The lowest BCUT2D eigenvalue weighted by atomic mass is 9.79. The van der Waals surface area contributed by atoms with E-state index >= 15 is 0 Å². The number of fused-ring (bicyclic) bond motifs is 2. The van der Waals surface area contributed by atoms with Crippen LogP contribution in [0, 0.1) is 11.8 Å². The second-order valence-electron chi connectivity index (χ2n) is 6.75. The number of carbonyl (C=O) groups is 2. The minimum Gasteiger partial charge on any atom is -0.477 e. The number of aliphatic carboxylic acids is 1. The number of carboxylic acid groups (broad SMARTS) is 1. The van der Waals surface area contributed by atoms with Crippen LogP contribution in [0.3, 0.4) is 0 Å². The summed E-state index contributed by atoms with van der Waals surface area (Å²) in [5, 5.41) is 19.7. The molecular formula is C16H20N3O4S+. The molecule has 4 rings (SSSR count). The third kappa shape index (κ3) is 2.05. The van der Waals surface area contributed by atoms with E-state index in [9.17, 15) is 19.8 Å². The van der Waals surface area contributed by atoms with Gasteiger partial charge < -0.3 is 15.1 Å². The fourth-order valence-electron chi connectivity index (χ4n) is 4.15. The first-order chi connectivity index (χ1) is 11.4. The fraction of sp³-hybridized carbons (Fsp3) is 0.562. The number of β-lactam (4-membered cyclic amide) rings is 1. The third-order valence-electron chi connectivity index (χ3n) is 5.23. The molecule has 24 heavy (non-hydrogen) atoms. The quantitative estimate of drug-likeness (QED) is 0.592. The van der Waals surface area contributed by atoms with E-state index in [0.717, 1.165) is 18.0 Å². The van der Waals surface area contributed by atoms with Gasteiger partial charge >= 0.3 is 5.97 Å². The van der Waals surface area contributed by atoms with Gasteiger partial charge in [-0.05, 0) is 6.92 Å². The highest BCUT2D eigenvalue weighted by Crippen LogP contribution is 2.51. The molecule has 1 fully saturated rings. The van der Waals surface area contributed by atoms with Gasteiger partial charge in [0, 0.05) is 16.9 Å². The van der Waals surface area contributed by atoms with Crippen molar-refractivity contribution in [1.29, 1.82) is 0 Å². The normalized spacial score (nSPS) is 32.6. The summed E-state index contributed by atoms with van der Waals surface area (Å²) in [6.07, 6.45) is 3.25. The van der Waals surface area contributed by atoms with Gasteiger partial charge in [0.25, 0.3) is 0 Å². The van der Waals surface area contributed by atoms with Crippen molar-refractivity contribution >= 4 is 23.6 Å². The predicted octanol–water partition coefficient (Wildman–Crippen LogP) is 0.0447. The van der Waals surface area contributed by atoms with E-state index in [2.05, 4.69) is 9.36 Å². The Morgan fingerprint density at radius 2 is 2.25 bits per heavy atom. The van der Waals surface area contributed by atoms with Crippen LogP contribution in [-0.4, -0.2) is 49.1 Å². The SMILES string of the molecule is C[C@@H](O)[C@H]1C(=O)N2C(C(=O)O)=C(SC3Cn4ccc[n+]4C3)[C@H](C)[C@H]12. The topological polar surface area (TPSA) is 86.7 Å². The van der Waals surface area contributed by atoms with Crippen LogP contribution in [0.25, 0.3) is 0 Å². The first kappa shape index (κ1) is 15.7. The van der Waals surface area contributed by atoms with Crippen LogP contribution in [-0.2, 0) is 22.7 Å². The van der Waals surface area contributed by atoms with Crippen LogP contribution in [0.2, 0.25) is 0 Å². The Hall–Kier alpha value is -1.80. The van der Waals surface area contributed by atoms with Crippen LogP contribution in [0.15, 0.2) is 29.1 Å². The summed E-state index contributed by atoms with van der Waals surface area (Å²) in [6.45, 7) is 5.19. The van der Waals surface area contributed by atoms with Gasteiger partial charge in [-0.2, -0.15) is 4.68 Å². The number of aliphatic hydroxyl groups excluding tert-OH is 1. The summed E-state index contributed by atoms with van der Waals surface area (Å²) in [7, 11) is 0. The molecule has 0 saturated carbocycles. The lowest BCUT2D eigenvalue weighted by molar-refractivity contribution is -0.757. The molecule has 0 radical (unpaired) electrons. The highest BCUT2D eigenvalue weighted by atomic mass is 32.2. The Morgan fingerprint density at radius 1 is 1.50 bits per heavy atom. The second kappa shape index (κ2) is 5.35. The van der Waals surface area contributed by atoms with Gasteiger partial charge in [-0.15, -0.1) is 16.4 Å². The zero-order valence-corrected chi connectivity index (χ0v) is 14.3. The standard InChI is InChI=1S/C16H19N3O4S/c1-8-12-11(9(2)20)15(21)19(12)13(16(22)23)14(8)24-10-6-17-4-3-5-18(17)7-10/h3-5,8-12,20H,6-7H2,1-2H3/p+1/t8-,9-,11-,12-/m1/s1. The van der Waals surface area contributed by atoms with E-state index in [1.165, 1.54) is 4.90 Å². The van der Waals surface area contributed by atoms with E-state index in [0.29, 0.717) is 0 Å². The van der Waals surface area contributed by atoms with Crippen LogP contribution in [0.4, 0.5) is 0 Å². The molecule has 1 aromatic rings. The minimum absolute atomic E-state index is 0.0663. The molecule has 4 heterocycles. The average Bonchev–Trinajstić information content (AvgIpc) is 3.12. The first-order valence-electron chi connectivity index (χ1n) is 8.10. The summed E-state index contributed by atoms with van der Waals surface area (Å²) in [5.74, 6) is -1.90. The number of aliphatic hydroxyl groups is 1. The number of thioether (sulfide) groups is 1. The molecule has 0 aliphatic carbocycles. The Bertz CT molecular complexity index is 736. The van der Waals surface area contributed by atoms with Crippen molar-refractivity contribution < 1.29 is 24.5 Å². The van der Waals surface area contributed by atoms with Crippen LogP contribution in [0.5, 0.6) is 0 Å². The Balaban J connectivity index is 1.61. The Labute approximate surface area is 143 Å². The molecule has 0 unspecified atom stereocenters. The maximum atomic E-state index is 12.3. The largest absolute Gasteiger partial charge is 0.477 e. The third-order valence-corrected chi connectivity index (χ3v) is 6.68. The molecule has 3 aliphatic heterocycles. The average molecular weight is 350 g/mol. The first-order valence-corrected chi connectivity index (χ1v) is 8.98. The van der Waals surface area contributed by atoms with Crippen molar-refractivity contribution in [2.75, 3.05) is 0 Å². The molecule has 7 nitrogen and oxygen atoms in total. The van der Waals surface area contributed by atoms with Gasteiger partial charge in [0.15, 0.2) is 12.7 Å². The number of aromatic nitrogens is 2. The summed E-state index contributed by atoms with van der Waals surface area (Å²) < 4.78 is 4.22. The summed E-state index contributed by atoms with van der Waals surface area (Å²) in [4.78, 5) is 26.2. The molecule has 2 N–H and O–H groups in total. The van der Waals surface area contributed by atoms with Gasteiger partial charge in [-0.3, -0.25) is 4.79 Å². The number of amides is 1. The zero-order valence-electron chi connectivity index (χ0n) is 13.5. The van der Waals surface area contributed by atoms with E-state index < -0.39 is 18.0 Å². The summed E-state index contributed by atoms with van der Waals surface area (Å²) in [6, 6.07) is 1.75. The van der Waals surface area contributed by atoms with Crippen molar-refractivity contribution in [3.8, 4) is 0 Å². The number of nitrogens with zero attached hydrogens (tertiary/aromatic N) is 3. The molecule has 4 atom stereocenters. The van der Waals surface area contributed by atoms with Crippen LogP contribution < -0.4 is 4.68 Å². The maximum Gasteiger partial charge on any atom is 0.353 e. The molecule has 1 amide bonds. The molecule has 0 bridgehead atoms. The number of hydrogen-bond donors (Lipinski definition) is 2. The molecule has 8 heteroatoms. The van der Waals surface area contributed by atoms with Gasteiger partial charge in [-0.25, -0.2) is 4.79 Å². The molecule has 128 valence electrons. The zero-order chi connectivity index (χ0) is 17.2. The molecule has 0 spiro atoms. The molecule has 3 aliphatic rings. The van der Waals surface area contributed by atoms with Crippen molar-refractivity contribution in [2.24, 2.45) is 11.8 Å². The van der Waals surface area contributed by atoms with Crippen molar-refractivity contribution in [3.63, 3.8) is 0 Å². The van der Waals surface area contributed by atoms with E-state index in [1.807, 2.05) is 25.4 Å². The maximum absolute atomic E-state index is 12.3. The van der Waals surface area contributed by atoms with Gasteiger partial charge in [0.1, 0.15) is 5.70 Å². The molecule has 1 aromatic heterocycles. The second-order valence-corrected chi connectivity index (χ2v) is 8.09. The van der Waals surface area contributed by atoms with Gasteiger partial charge in [0.2, 0.25) is 5.91 Å². The van der Waals surface area contributed by atoms with Crippen LogP contribution in [0.1, 0.15) is 13.8 Å². The highest BCUT2D eigenvalue weighted by Gasteiger charge is 2.60. The number of hydrogen-bond acceptors (Lipinski definition) is 4. The van der Waals surface area contributed by atoms with Crippen molar-refractivity contribution in [1.82, 2.24) is 9.58 Å². The number of carboxylic acids is 1. The van der Waals surface area contributed by atoms with E-state index in [-0.39, 0.29) is 28.8 Å². The van der Waals surface area contributed by atoms with E-state index in [1.54, 1.807) is 18.7 Å². The van der Waals surface area contributed by atoms with E-state index in [4.69, 9.17) is 0 Å². The summed E-state index contributed by atoms with van der Waals surface area (Å²) in [5.41, 5.74) is 0.112. The number of rotatable bonds is 4. The van der Waals surface area contributed by atoms with Crippen molar-refractivity contribution in [3.05, 3.63) is 29.1 Å².